The maximum Gasteiger partial charge on any atom is 0.262 e. The van der Waals surface area contributed by atoms with Crippen molar-refractivity contribution in [3.05, 3.63) is 48.0 Å². The second-order valence-electron chi connectivity index (χ2n) is 6.06. The third-order valence-corrected chi connectivity index (χ3v) is 5.62. The van der Waals surface area contributed by atoms with Crippen molar-refractivity contribution in [3.8, 4) is 5.75 Å². The van der Waals surface area contributed by atoms with E-state index in [4.69, 9.17) is 4.74 Å². The summed E-state index contributed by atoms with van der Waals surface area (Å²) in [4.78, 5) is 2.41. The lowest BCUT2D eigenvalue weighted by molar-refractivity contribution is 0.414. The van der Waals surface area contributed by atoms with Crippen molar-refractivity contribution >= 4 is 21.4 Å². The molecule has 6 heteroatoms. The minimum Gasteiger partial charge on any atom is -0.497 e. The lowest BCUT2D eigenvalue weighted by Crippen LogP contribution is -2.18. The van der Waals surface area contributed by atoms with Gasteiger partial charge in [-0.25, -0.2) is 8.42 Å². The number of benzene rings is 2. The number of anilines is 2. The zero-order chi connectivity index (χ0) is 18.4. The van der Waals surface area contributed by atoms with E-state index >= 15 is 0 Å². The van der Waals surface area contributed by atoms with Gasteiger partial charge in [-0.05, 0) is 61.4 Å². The van der Waals surface area contributed by atoms with Crippen LogP contribution in [0.2, 0.25) is 0 Å². The second kappa shape index (κ2) is 8.25. The molecular formula is C19H26N2O3S. The lowest BCUT2D eigenvalue weighted by atomic mass is 10.2. The molecular weight excluding hydrogens is 336 g/mol. The molecule has 2 aromatic rings. The van der Waals surface area contributed by atoms with Crippen molar-refractivity contribution in [3.63, 3.8) is 0 Å². The number of nitrogens with one attached hydrogen (secondary N) is 1. The van der Waals surface area contributed by atoms with Crippen molar-refractivity contribution in [2.24, 2.45) is 0 Å². The number of rotatable bonds is 8. The standard InChI is InChI=1S/C19H26N2O3S/c1-5-6-13-21(3)17-9-7-16(8-10-17)20-25(22,23)19-12-11-18(24-4)14-15(19)2/h7-12,14,20H,5-6,13H2,1-4H3. The minimum atomic E-state index is -3.64. The third kappa shape index (κ3) is 4.89. The first-order valence-electron chi connectivity index (χ1n) is 8.36. The van der Waals surface area contributed by atoms with Gasteiger partial charge in [-0.2, -0.15) is 0 Å². The summed E-state index contributed by atoms with van der Waals surface area (Å²) in [6.45, 7) is 4.89. The number of aryl methyl sites for hydroxylation is 1. The van der Waals surface area contributed by atoms with E-state index in [1.165, 1.54) is 0 Å². The average molecular weight is 362 g/mol. The molecule has 0 bridgehead atoms. The van der Waals surface area contributed by atoms with Crippen molar-refractivity contribution in [2.75, 3.05) is 30.3 Å². The molecule has 0 unspecified atom stereocenters. The van der Waals surface area contributed by atoms with Crippen molar-refractivity contribution < 1.29 is 13.2 Å². The van der Waals surface area contributed by atoms with Gasteiger partial charge in [0.15, 0.2) is 0 Å². The molecule has 0 atom stereocenters. The summed E-state index contributed by atoms with van der Waals surface area (Å²) in [6.07, 6.45) is 2.27. The van der Waals surface area contributed by atoms with E-state index in [0.29, 0.717) is 17.0 Å². The smallest absolute Gasteiger partial charge is 0.262 e. The van der Waals surface area contributed by atoms with E-state index in [0.717, 1.165) is 25.1 Å². The number of unbranched alkanes of at least 4 members (excludes halogenated alkanes) is 1. The fraction of sp³-hybridized carbons (Fsp3) is 0.368. The van der Waals surface area contributed by atoms with E-state index in [2.05, 4.69) is 16.5 Å². The Bertz CT molecular complexity index is 802. The summed E-state index contributed by atoms with van der Waals surface area (Å²) in [7, 11) is -0.0423. The molecule has 0 heterocycles. The van der Waals surface area contributed by atoms with Gasteiger partial charge in [0, 0.05) is 25.0 Å². The number of ether oxygens (including phenoxy) is 1. The van der Waals surface area contributed by atoms with E-state index in [9.17, 15) is 8.42 Å². The molecule has 0 aliphatic heterocycles. The monoisotopic (exact) mass is 362 g/mol. The Morgan fingerprint density at radius 3 is 2.36 bits per heavy atom. The van der Waals surface area contributed by atoms with Crippen molar-refractivity contribution in [1.82, 2.24) is 0 Å². The van der Waals surface area contributed by atoms with Gasteiger partial charge in [-0.15, -0.1) is 0 Å². The predicted octanol–water partition coefficient (Wildman–Crippen LogP) is 4.04. The molecule has 0 amide bonds. The first kappa shape index (κ1) is 19.1. The van der Waals surface area contributed by atoms with Gasteiger partial charge >= 0.3 is 0 Å². The number of sulfonamides is 1. The molecule has 5 nitrogen and oxygen atoms in total. The number of hydrogen-bond donors (Lipinski definition) is 1. The molecule has 2 aromatic carbocycles. The first-order valence-corrected chi connectivity index (χ1v) is 9.84. The number of nitrogens with zero attached hydrogens (tertiary/aromatic N) is 1. The molecule has 1 N–H and O–H groups in total. The van der Waals surface area contributed by atoms with Crippen LogP contribution in [-0.2, 0) is 10.0 Å². The fourth-order valence-electron chi connectivity index (χ4n) is 2.57. The van der Waals surface area contributed by atoms with Crippen LogP contribution in [0.1, 0.15) is 25.3 Å². The molecule has 2 rings (SSSR count). The normalized spacial score (nSPS) is 11.2. The van der Waals surface area contributed by atoms with Crippen LogP contribution < -0.4 is 14.4 Å². The summed E-state index contributed by atoms with van der Waals surface area (Å²) in [5, 5.41) is 0. The molecule has 0 aliphatic rings. The van der Waals surface area contributed by atoms with Crippen LogP contribution in [0.15, 0.2) is 47.4 Å². The highest BCUT2D eigenvalue weighted by atomic mass is 32.2. The van der Waals surface area contributed by atoms with Gasteiger partial charge in [-0.1, -0.05) is 13.3 Å². The quantitative estimate of drug-likeness (QED) is 0.770. The first-order chi connectivity index (χ1) is 11.9. The summed E-state index contributed by atoms with van der Waals surface area (Å²) < 4.78 is 33.0. The minimum absolute atomic E-state index is 0.248. The highest BCUT2D eigenvalue weighted by molar-refractivity contribution is 7.92. The average Bonchev–Trinajstić information content (AvgIpc) is 2.59. The Labute approximate surface area is 150 Å². The molecule has 25 heavy (non-hydrogen) atoms. The molecule has 0 saturated heterocycles. The van der Waals surface area contributed by atoms with Gasteiger partial charge in [0.2, 0.25) is 0 Å². The van der Waals surface area contributed by atoms with Crippen LogP contribution in [-0.4, -0.2) is 29.1 Å². The second-order valence-corrected chi connectivity index (χ2v) is 7.71. The van der Waals surface area contributed by atoms with Crippen LogP contribution in [0.5, 0.6) is 5.75 Å². The van der Waals surface area contributed by atoms with Crippen LogP contribution in [0, 0.1) is 6.92 Å². The van der Waals surface area contributed by atoms with Gasteiger partial charge in [-0.3, -0.25) is 4.72 Å². The van der Waals surface area contributed by atoms with Gasteiger partial charge in [0.25, 0.3) is 10.0 Å². The lowest BCUT2D eigenvalue weighted by Gasteiger charge is -2.19. The highest BCUT2D eigenvalue weighted by Crippen LogP contribution is 2.24. The Kier molecular flexibility index (Phi) is 6.31. The maximum absolute atomic E-state index is 12.6. The Balaban J connectivity index is 2.15. The van der Waals surface area contributed by atoms with Crippen LogP contribution in [0.3, 0.4) is 0 Å². The fourth-order valence-corrected chi connectivity index (χ4v) is 3.86. The predicted molar refractivity (Wildman–Crippen MR) is 103 cm³/mol. The molecule has 0 radical (unpaired) electrons. The summed E-state index contributed by atoms with van der Waals surface area (Å²) in [6, 6.07) is 12.3. The summed E-state index contributed by atoms with van der Waals surface area (Å²) in [5.74, 6) is 0.635. The van der Waals surface area contributed by atoms with Crippen LogP contribution >= 0.6 is 0 Å². The zero-order valence-electron chi connectivity index (χ0n) is 15.2. The summed E-state index contributed by atoms with van der Waals surface area (Å²) >= 11 is 0. The zero-order valence-corrected chi connectivity index (χ0v) is 16.1. The Morgan fingerprint density at radius 1 is 1.12 bits per heavy atom. The number of methoxy groups -OCH3 is 1. The Morgan fingerprint density at radius 2 is 1.80 bits per heavy atom. The van der Waals surface area contributed by atoms with Gasteiger partial charge < -0.3 is 9.64 Å². The van der Waals surface area contributed by atoms with Gasteiger partial charge in [0.05, 0.1) is 12.0 Å². The number of hydrogen-bond acceptors (Lipinski definition) is 4. The Hall–Kier alpha value is -2.21. The largest absolute Gasteiger partial charge is 0.497 e. The summed E-state index contributed by atoms with van der Waals surface area (Å²) in [5.41, 5.74) is 2.25. The SMILES string of the molecule is CCCCN(C)c1ccc(NS(=O)(=O)c2ccc(OC)cc2C)cc1. The third-order valence-electron chi connectivity index (χ3n) is 4.08. The van der Waals surface area contributed by atoms with Crippen molar-refractivity contribution in [2.45, 2.75) is 31.6 Å². The topological polar surface area (TPSA) is 58.6 Å². The molecule has 0 fully saturated rings. The molecule has 0 aromatic heterocycles. The van der Waals surface area contributed by atoms with Crippen LogP contribution in [0.25, 0.3) is 0 Å². The molecule has 136 valence electrons. The molecule has 0 saturated carbocycles. The highest BCUT2D eigenvalue weighted by Gasteiger charge is 2.17. The maximum atomic E-state index is 12.6. The van der Waals surface area contributed by atoms with E-state index in [1.54, 1.807) is 44.4 Å². The van der Waals surface area contributed by atoms with Gasteiger partial charge in [0.1, 0.15) is 5.75 Å². The molecule has 0 spiro atoms. The van der Waals surface area contributed by atoms with Crippen LogP contribution in [0.4, 0.5) is 11.4 Å². The van der Waals surface area contributed by atoms with E-state index in [1.807, 2.05) is 19.2 Å². The molecule has 0 aliphatic carbocycles. The van der Waals surface area contributed by atoms with E-state index < -0.39 is 10.0 Å². The van der Waals surface area contributed by atoms with E-state index in [-0.39, 0.29) is 4.90 Å². The van der Waals surface area contributed by atoms with Crippen molar-refractivity contribution in [1.29, 1.82) is 0 Å².